The minimum atomic E-state index is 0.612. The van der Waals surface area contributed by atoms with E-state index in [0.29, 0.717) is 6.04 Å². The van der Waals surface area contributed by atoms with Crippen LogP contribution in [0.25, 0.3) is 0 Å². The Balaban J connectivity index is 2.16. The van der Waals surface area contributed by atoms with Gasteiger partial charge in [0.05, 0.1) is 6.67 Å². The first kappa shape index (κ1) is 12.2. The first-order chi connectivity index (χ1) is 7.36. The van der Waals surface area contributed by atoms with Crippen molar-refractivity contribution in [3.05, 3.63) is 12.7 Å². The quantitative estimate of drug-likeness (QED) is 0.669. The maximum absolute atomic E-state index is 4.06. The minimum Gasteiger partial charge on any atom is -0.295 e. The molecule has 1 N–H and O–H groups in total. The van der Waals surface area contributed by atoms with Gasteiger partial charge < -0.3 is 0 Å². The Morgan fingerprint density at radius 3 is 2.80 bits per heavy atom. The van der Waals surface area contributed by atoms with Crippen LogP contribution in [0, 0.1) is 0 Å². The fraction of sp³-hybridized carbons (Fsp3) is 0.818. The van der Waals surface area contributed by atoms with E-state index < -0.39 is 0 Å². The van der Waals surface area contributed by atoms with Gasteiger partial charge >= 0.3 is 0 Å². The summed E-state index contributed by atoms with van der Waals surface area (Å²) in [5.74, 6) is 0. The van der Waals surface area contributed by atoms with Crippen LogP contribution < -0.4 is 5.32 Å². The summed E-state index contributed by atoms with van der Waals surface area (Å²) in [6, 6.07) is 0.612. The highest BCUT2D eigenvalue weighted by molar-refractivity contribution is 4.64. The van der Waals surface area contributed by atoms with E-state index in [1.54, 1.807) is 12.7 Å². The van der Waals surface area contributed by atoms with Gasteiger partial charge in [0.1, 0.15) is 12.7 Å². The molecule has 0 amide bonds. The molecule has 0 aliphatic rings. The van der Waals surface area contributed by atoms with Gasteiger partial charge in [0, 0.05) is 6.04 Å². The van der Waals surface area contributed by atoms with E-state index in [1.807, 2.05) is 4.68 Å². The molecule has 4 nitrogen and oxygen atoms in total. The Hall–Kier alpha value is -0.900. The van der Waals surface area contributed by atoms with Crippen molar-refractivity contribution < 1.29 is 0 Å². The molecule has 0 aromatic carbocycles. The molecule has 0 saturated carbocycles. The first-order valence-electron chi connectivity index (χ1n) is 5.92. The smallest absolute Gasteiger partial charge is 0.137 e. The van der Waals surface area contributed by atoms with Crippen LogP contribution in [0.3, 0.4) is 0 Å². The van der Waals surface area contributed by atoms with Crippen molar-refractivity contribution in [3.8, 4) is 0 Å². The molecule has 0 bridgehead atoms. The molecule has 15 heavy (non-hydrogen) atoms. The Morgan fingerprint density at radius 2 is 2.20 bits per heavy atom. The van der Waals surface area contributed by atoms with E-state index in [9.17, 15) is 0 Å². The number of unbranched alkanes of at least 4 members (excludes halogenated alkanes) is 2. The van der Waals surface area contributed by atoms with Crippen LogP contribution in [0.5, 0.6) is 0 Å². The average Bonchev–Trinajstić information content (AvgIpc) is 2.76. The Bertz CT molecular complexity index is 233. The van der Waals surface area contributed by atoms with E-state index in [2.05, 4.69) is 29.2 Å². The zero-order valence-corrected chi connectivity index (χ0v) is 9.82. The van der Waals surface area contributed by atoms with Crippen molar-refractivity contribution in [1.29, 1.82) is 0 Å². The summed E-state index contributed by atoms with van der Waals surface area (Å²) < 4.78 is 1.82. The van der Waals surface area contributed by atoms with Crippen LogP contribution in [0.4, 0.5) is 0 Å². The van der Waals surface area contributed by atoms with E-state index in [1.165, 1.54) is 32.1 Å². The van der Waals surface area contributed by atoms with Gasteiger partial charge in [-0.3, -0.25) is 5.32 Å². The number of rotatable bonds is 8. The predicted molar refractivity (Wildman–Crippen MR) is 61.4 cm³/mol. The van der Waals surface area contributed by atoms with Crippen molar-refractivity contribution in [3.63, 3.8) is 0 Å². The Morgan fingerprint density at radius 1 is 1.33 bits per heavy atom. The molecule has 86 valence electrons. The van der Waals surface area contributed by atoms with Crippen molar-refractivity contribution in [2.75, 3.05) is 0 Å². The second-order valence-corrected chi connectivity index (χ2v) is 3.90. The summed E-state index contributed by atoms with van der Waals surface area (Å²) in [4.78, 5) is 3.91. The third kappa shape index (κ3) is 4.93. The van der Waals surface area contributed by atoms with E-state index in [4.69, 9.17) is 0 Å². The maximum Gasteiger partial charge on any atom is 0.137 e. The lowest BCUT2D eigenvalue weighted by Crippen LogP contribution is -2.30. The Kier molecular flexibility index (Phi) is 6.00. The lowest BCUT2D eigenvalue weighted by molar-refractivity contribution is 0.391. The fourth-order valence-corrected chi connectivity index (χ4v) is 1.63. The highest BCUT2D eigenvalue weighted by Crippen LogP contribution is 2.06. The number of nitrogens with one attached hydrogen (secondary N) is 1. The molecule has 1 atom stereocenters. The topological polar surface area (TPSA) is 42.7 Å². The molecule has 1 aromatic heterocycles. The normalized spacial score (nSPS) is 12.9. The second-order valence-electron chi connectivity index (χ2n) is 3.90. The summed E-state index contributed by atoms with van der Waals surface area (Å²) >= 11 is 0. The lowest BCUT2D eigenvalue weighted by atomic mass is 10.1. The van der Waals surface area contributed by atoms with Crippen molar-refractivity contribution in [2.45, 2.75) is 58.7 Å². The van der Waals surface area contributed by atoms with Crippen molar-refractivity contribution >= 4 is 0 Å². The highest BCUT2D eigenvalue weighted by atomic mass is 15.4. The number of nitrogens with zero attached hydrogens (tertiary/aromatic N) is 3. The van der Waals surface area contributed by atoms with Gasteiger partial charge in [-0.05, 0) is 12.8 Å². The van der Waals surface area contributed by atoms with Crippen LogP contribution in [-0.4, -0.2) is 20.8 Å². The monoisotopic (exact) mass is 210 g/mol. The fourth-order valence-electron chi connectivity index (χ4n) is 1.63. The van der Waals surface area contributed by atoms with Crippen LogP contribution in [-0.2, 0) is 6.67 Å². The van der Waals surface area contributed by atoms with Gasteiger partial charge in [-0.2, -0.15) is 5.10 Å². The first-order valence-corrected chi connectivity index (χ1v) is 5.92. The van der Waals surface area contributed by atoms with Crippen LogP contribution in [0.1, 0.15) is 46.0 Å². The summed E-state index contributed by atoms with van der Waals surface area (Å²) in [6.07, 6.45) is 9.70. The molecule has 1 aromatic rings. The SMILES string of the molecule is CCCCCC(CC)NCn1cncn1. The highest BCUT2D eigenvalue weighted by Gasteiger charge is 2.04. The van der Waals surface area contributed by atoms with Crippen LogP contribution in [0.2, 0.25) is 0 Å². The summed E-state index contributed by atoms with van der Waals surface area (Å²) in [5, 5.41) is 7.55. The van der Waals surface area contributed by atoms with Gasteiger partial charge in [-0.1, -0.05) is 33.1 Å². The summed E-state index contributed by atoms with van der Waals surface area (Å²) in [6.45, 7) is 5.24. The van der Waals surface area contributed by atoms with E-state index >= 15 is 0 Å². The van der Waals surface area contributed by atoms with E-state index in [-0.39, 0.29) is 0 Å². The molecule has 1 heterocycles. The van der Waals surface area contributed by atoms with Gasteiger partial charge in [0.15, 0.2) is 0 Å². The van der Waals surface area contributed by atoms with Crippen LogP contribution >= 0.6 is 0 Å². The number of hydrogen-bond acceptors (Lipinski definition) is 3. The Labute approximate surface area is 92.1 Å². The third-order valence-electron chi connectivity index (χ3n) is 2.66. The number of hydrogen-bond donors (Lipinski definition) is 1. The molecular formula is C11H22N4. The van der Waals surface area contributed by atoms with Crippen molar-refractivity contribution in [2.24, 2.45) is 0 Å². The predicted octanol–water partition coefficient (Wildman–Crippen LogP) is 2.18. The molecular weight excluding hydrogens is 188 g/mol. The third-order valence-corrected chi connectivity index (χ3v) is 2.66. The molecule has 0 spiro atoms. The molecule has 0 aliphatic carbocycles. The zero-order valence-electron chi connectivity index (χ0n) is 9.82. The molecule has 1 unspecified atom stereocenters. The molecule has 0 radical (unpaired) electrons. The molecule has 1 rings (SSSR count). The van der Waals surface area contributed by atoms with Gasteiger partial charge in [-0.25, -0.2) is 9.67 Å². The van der Waals surface area contributed by atoms with Crippen molar-refractivity contribution in [1.82, 2.24) is 20.1 Å². The number of aromatic nitrogens is 3. The van der Waals surface area contributed by atoms with Gasteiger partial charge in [0.2, 0.25) is 0 Å². The van der Waals surface area contributed by atoms with Gasteiger partial charge in [-0.15, -0.1) is 0 Å². The van der Waals surface area contributed by atoms with Gasteiger partial charge in [0.25, 0.3) is 0 Å². The minimum absolute atomic E-state index is 0.612. The molecule has 0 aliphatic heterocycles. The summed E-state index contributed by atoms with van der Waals surface area (Å²) in [5.41, 5.74) is 0. The molecule has 0 fully saturated rings. The lowest BCUT2D eigenvalue weighted by Gasteiger charge is -2.16. The second kappa shape index (κ2) is 7.40. The summed E-state index contributed by atoms with van der Waals surface area (Å²) in [7, 11) is 0. The zero-order chi connectivity index (χ0) is 10.9. The standard InChI is InChI=1S/C11H22N4/c1-3-5-6-7-11(4-2)13-10-15-9-12-8-14-15/h8-9,11,13H,3-7,10H2,1-2H3. The van der Waals surface area contributed by atoms with E-state index in [0.717, 1.165) is 6.67 Å². The molecule has 0 saturated heterocycles. The average molecular weight is 210 g/mol. The molecule has 4 heteroatoms. The van der Waals surface area contributed by atoms with Crippen LogP contribution in [0.15, 0.2) is 12.7 Å². The maximum atomic E-state index is 4.06. The largest absolute Gasteiger partial charge is 0.295 e.